The molecule has 1 rings (SSSR count). The lowest BCUT2D eigenvalue weighted by Gasteiger charge is -2.05. The molecule has 0 saturated heterocycles. The van der Waals surface area contributed by atoms with Gasteiger partial charge in [-0.05, 0) is 41.8 Å². The highest BCUT2D eigenvalue weighted by atomic mass is 35.5. The molecule has 0 aliphatic heterocycles. The summed E-state index contributed by atoms with van der Waals surface area (Å²) in [5, 5.41) is -0.475. The predicted octanol–water partition coefficient (Wildman–Crippen LogP) is 3.64. The maximum absolute atomic E-state index is 10.6. The Morgan fingerprint density at radius 3 is 3.00 bits per heavy atom. The topological polar surface area (TPSA) is 26.3 Å². The van der Waals surface area contributed by atoms with E-state index in [4.69, 9.17) is 16.3 Å². The number of hydrogen-bond donors (Lipinski definition) is 0. The van der Waals surface area contributed by atoms with Gasteiger partial charge in [-0.15, -0.1) is 0 Å². The number of benzene rings is 1. The number of halogens is 1. The summed E-state index contributed by atoms with van der Waals surface area (Å²) >= 11 is 5.21. The van der Waals surface area contributed by atoms with Crippen molar-refractivity contribution in [3.8, 4) is 5.75 Å². The van der Waals surface area contributed by atoms with Gasteiger partial charge in [0.2, 0.25) is 5.24 Å². The molecule has 0 unspecified atom stereocenters. The third-order valence-electron chi connectivity index (χ3n) is 2.03. The first-order chi connectivity index (χ1) is 7.72. The maximum atomic E-state index is 10.6. The van der Waals surface area contributed by atoms with Crippen LogP contribution in [-0.2, 0) is 4.79 Å². The van der Waals surface area contributed by atoms with Crippen molar-refractivity contribution in [2.75, 3.05) is 6.61 Å². The zero-order valence-corrected chi connectivity index (χ0v) is 10.0. The van der Waals surface area contributed by atoms with Crippen LogP contribution in [0.3, 0.4) is 0 Å². The Morgan fingerprint density at radius 2 is 2.31 bits per heavy atom. The zero-order chi connectivity index (χ0) is 11.8. The molecule has 0 heterocycles. The van der Waals surface area contributed by atoms with Crippen LogP contribution in [0.5, 0.6) is 5.75 Å². The fourth-order valence-corrected chi connectivity index (χ4v) is 1.27. The van der Waals surface area contributed by atoms with Gasteiger partial charge in [-0.1, -0.05) is 31.6 Å². The molecular formula is C13H15ClO2. The fraction of sp³-hybridized carbons (Fsp3) is 0.308. The van der Waals surface area contributed by atoms with Crippen LogP contribution in [0.4, 0.5) is 0 Å². The lowest BCUT2D eigenvalue weighted by Crippen LogP contribution is -1.96. The van der Waals surface area contributed by atoms with E-state index in [1.54, 1.807) is 6.08 Å². The molecule has 86 valence electrons. The molecule has 0 bridgehead atoms. The first-order valence-electron chi connectivity index (χ1n) is 5.33. The van der Waals surface area contributed by atoms with Crippen molar-refractivity contribution in [3.63, 3.8) is 0 Å². The van der Waals surface area contributed by atoms with E-state index in [-0.39, 0.29) is 0 Å². The molecule has 1 aromatic carbocycles. The molecule has 0 radical (unpaired) electrons. The third kappa shape index (κ3) is 4.99. The van der Waals surface area contributed by atoms with Gasteiger partial charge in [0.05, 0.1) is 6.61 Å². The molecule has 0 fully saturated rings. The number of unbranched alkanes of at least 4 members (excludes halogenated alkanes) is 1. The van der Waals surface area contributed by atoms with E-state index in [9.17, 15) is 4.79 Å². The van der Waals surface area contributed by atoms with Crippen LogP contribution in [0.15, 0.2) is 30.3 Å². The minimum Gasteiger partial charge on any atom is -0.494 e. The van der Waals surface area contributed by atoms with Gasteiger partial charge in [-0.2, -0.15) is 0 Å². The van der Waals surface area contributed by atoms with E-state index >= 15 is 0 Å². The molecular weight excluding hydrogens is 224 g/mol. The highest BCUT2D eigenvalue weighted by molar-refractivity contribution is 6.66. The summed E-state index contributed by atoms with van der Waals surface area (Å²) in [6, 6.07) is 7.56. The van der Waals surface area contributed by atoms with Gasteiger partial charge in [-0.3, -0.25) is 4.79 Å². The summed E-state index contributed by atoms with van der Waals surface area (Å²) in [5.74, 6) is 0.817. The summed E-state index contributed by atoms with van der Waals surface area (Å²) in [7, 11) is 0. The van der Waals surface area contributed by atoms with E-state index in [1.165, 1.54) is 6.08 Å². The first kappa shape index (κ1) is 12.8. The Kier molecular flexibility index (Phi) is 5.65. The van der Waals surface area contributed by atoms with Crippen LogP contribution in [0.2, 0.25) is 0 Å². The first-order valence-corrected chi connectivity index (χ1v) is 5.70. The highest BCUT2D eigenvalue weighted by Gasteiger charge is 1.95. The van der Waals surface area contributed by atoms with E-state index in [2.05, 4.69) is 6.92 Å². The van der Waals surface area contributed by atoms with Gasteiger partial charge in [0.15, 0.2) is 0 Å². The second kappa shape index (κ2) is 7.07. The van der Waals surface area contributed by atoms with Gasteiger partial charge in [0.25, 0.3) is 0 Å². The normalized spacial score (nSPS) is 10.6. The molecule has 0 spiro atoms. The van der Waals surface area contributed by atoms with Crippen LogP contribution in [0.25, 0.3) is 6.08 Å². The molecule has 16 heavy (non-hydrogen) atoms. The van der Waals surface area contributed by atoms with E-state index in [0.29, 0.717) is 0 Å². The Balaban J connectivity index is 2.60. The quantitative estimate of drug-likeness (QED) is 0.430. The van der Waals surface area contributed by atoms with Crippen molar-refractivity contribution in [1.29, 1.82) is 0 Å². The SMILES string of the molecule is CCCCOc1cccc(/C=C/C(=O)Cl)c1. The molecule has 1 aromatic rings. The average molecular weight is 239 g/mol. The maximum Gasteiger partial charge on any atom is 0.245 e. The molecule has 0 aliphatic rings. The number of carbonyl (C=O) groups is 1. The lowest BCUT2D eigenvalue weighted by molar-refractivity contribution is -0.107. The highest BCUT2D eigenvalue weighted by Crippen LogP contribution is 2.15. The van der Waals surface area contributed by atoms with Crippen LogP contribution < -0.4 is 4.74 Å². The van der Waals surface area contributed by atoms with Crippen molar-refractivity contribution >= 4 is 22.9 Å². The molecule has 0 aromatic heterocycles. The van der Waals surface area contributed by atoms with Crippen molar-refractivity contribution in [3.05, 3.63) is 35.9 Å². The number of ether oxygens (including phenoxy) is 1. The second-order valence-corrected chi connectivity index (χ2v) is 3.78. The Hall–Kier alpha value is -1.28. The Bertz CT molecular complexity index is 372. The van der Waals surface area contributed by atoms with Crippen molar-refractivity contribution in [2.45, 2.75) is 19.8 Å². The van der Waals surface area contributed by atoms with Crippen LogP contribution >= 0.6 is 11.6 Å². The summed E-state index contributed by atoms with van der Waals surface area (Å²) < 4.78 is 5.54. The summed E-state index contributed by atoms with van der Waals surface area (Å²) in [6.45, 7) is 2.84. The van der Waals surface area contributed by atoms with Crippen LogP contribution in [0.1, 0.15) is 25.3 Å². The minimum absolute atomic E-state index is 0.475. The van der Waals surface area contributed by atoms with Crippen LogP contribution in [-0.4, -0.2) is 11.8 Å². The molecule has 0 amide bonds. The van der Waals surface area contributed by atoms with Crippen molar-refractivity contribution in [1.82, 2.24) is 0 Å². The smallest absolute Gasteiger partial charge is 0.245 e. The monoisotopic (exact) mass is 238 g/mol. The largest absolute Gasteiger partial charge is 0.494 e. The second-order valence-electron chi connectivity index (χ2n) is 3.41. The van der Waals surface area contributed by atoms with E-state index in [1.807, 2.05) is 24.3 Å². The molecule has 0 N–H and O–H groups in total. The Morgan fingerprint density at radius 1 is 1.50 bits per heavy atom. The minimum atomic E-state index is -0.475. The summed E-state index contributed by atoms with van der Waals surface area (Å²) in [5.41, 5.74) is 0.906. The number of allylic oxidation sites excluding steroid dienone is 1. The van der Waals surface area contributed by atoms with E-state index < -0.39 is 5.24 Å². The van der Waals surface area contributed by atoms with Gasteiger partial charge < -0.3 is 4.74 Å². The number of hydrogen-bond acceptors (Lipinski definition) is 2. The Labute approximate surface area is 101 Å². The van der Waals surface area contributed by atoms with Crippen molar-refractivity contribution < 1.29 is 9.53 Å². The predicted molar refractivity (Wildman–Crippen MR) is 66.7 cm³/mol. The van der Waals surface area contributed by atoms with Gasteiger partial charge in [-0.25, -0.2) is 0 Å². The van der Waals surface area contributed by atoms with E-state index in [0.717, 1.165) is 30.8 Å². The summed E-state index contributed by atoms with van der Waals surface area (Å²) in [6.07, 6.45) is 5.15. The molecule has 2 nitrogen and oxygen atoms in total. The molecule has 0 aliphatic carbocycles. The third-order valence-corrected chi connectivity index (χ3v) is 2.16. The van der Waals surface area contributed by atoms with Crippen molar-refractivity contribution in [2.24, 2.45) is 0 Å². The summed E-state index contributed by atoms with van der Waals surface area (Å²) in [4.78, 5) is 10.6. The van der Waals surface area contributed by atoms with Gasteiger partial charge in [0, 0.05) is 0 Å². The molecule has 0 saturated carbocycles. The van der Waals surface area contributed by atoms with Gasteiger partial charge in [0.1, 0.15) is 5.75 Å². The lowest BCUT2D eigenvalue weighted by atomic mass is 10.2. The number of rotatable bonds is 6. The molecule has 0 atom stereocenters. The standard InChI is InChI=1S/C13H15ClO2/c1-2-3-9-16-12-6-4-5-11(10-12)7-8-13(14)15/h4-8,10H,2-3,9H2,1H3/b8-7+. The average Bonchev–Trinajstić information content (AvgIpc) is 2.27. The van der Waals surface area contributed by atoms with Crippen LogP contribution in [0, 0.1) is 0 Å². The number of carbonyl (C=O) groups excluding carboxylic acids is 1. The van der Waals surface area contributed by atoms with Gasteiger partial charge >= 0.3 is 0 Å². The zero-order valence-electron chi connectivity index (χ0n) is 9.28. The fourth-order valence-electron chi connectivity index (χ4n) is 1.20. The molecule has 3 heteroatoms.